The number of carbonyl (C=O) groups is 2. The van der Waals surface area contributed by atoms with Crippen molar-refractivity contribution in [2.45, 2.75) is 0 Å². The molecule has 0 unspecified atom stereocenters. The van der Waals surface area contributed by atoms with E-state index < -0.39 is 5.91 Å². The van der Waals surface area contributed by atoms with Crippen molar-refractivity contribution >= 4 is 40.6 Å². The third kappa shape index (κ3) is 5.72. The van der Waals surface area contributed by atoms with Crippen LogP contribution in [-0.2, 0) is 4.79 Å². The van der Waals surface area contributed by atoms with E-state index in [9.17, 15) is 9.59 Å². The van der Waals surface area contributed by atoms with Crippen LogP contribution >= 0.6 is 22.6 Å². The molecule has 0 spiro atoms. The van der Waals surface area contributed by atoms with Crippen LogP contribution in [0.2, 0.25) is 0 Å². The summed E-state index contributed by atoms with van der Waals surface area (Å²) in [6.45, 7) is -0.185. The molecular weight excluding hydrogens is 529 g/mol. The number of carbonyl (C=O) groups excluding carboxylic acids is 2. The van der Waals surface area contributed by atoms with Crippen molar-refractivity contribution in [3.63, 3.8) is 0 Å². The lowest BCUT2D eigenvalue weighted by Crippen LogP contribution is -2.35. The molecular formula is C25H20IN5O2. The molecule has 0 aliphatic heterocycles. The molecule has 8 heteroatoms. The van der Waals surface area contributed by atoms with Crippen LogP contribution in [0.5, 0.6) is 0 Å². The molecule has 7 nitrogen and oxygen atoms in total. The third-order valence-corrected chi connectivity index (χ3v) is 5.67. The van der Waals surface area contributed by atoms with Gasteiger partial charge in [-0.1, -0.05) is 60.7 Å². The Hall–Kier alpha value is -3.79. The number of hydrogen-bond acceptors (Lipinski definition) is 4. The molecule has 4 rings (SSSR count). The maximum absolute atomic E-state index is 12.3. The number of rotatable bonds is 7. The van der Waals surface area contributed by atoms with Crippen molar-refractivity contribution in [2.75, 3.05) is 6.54 Å². The van der Waals surface area contributed by atoms with Crippen molar-refractivity contribution < 1.29 is 9.59 Å². The van der Waals surface area contributed by atoms with Gasteiger partial charge in [-0.3, -0.25) is 9.59 Å². The van der Waals surface area contributed by atoms with E-state index in [1.54, 1.807) is 23.0 Å². The fourth-order valence-corrected chi connectivity index (χ4v) is 3.76. The van der Waals surface area contributed by atoms with E-state index in [0.29, 0.717) is 5.56 Å². The highest BCUT2D eigenvalue weighted by molar-refractivity contribution is 14.1. The van der Waals surface area contributed by atoms with Crippen molar-refractivity contribution in [3.8, 4) is 16.9 Å². The number of hydrogen-bond donors (Lipinski definition) is 2. The number of aromatic nitrogens is 2. The normalized spacial score (nSPS) is 10.8. The second-order valence-electron chi connectivity index (χ2n) is 7.03. The Labute approximate surface area is 204 Å². The van der Waals surface area contributed by atoms with Crippen LogP contribution < -0.4 is 10.7 Å². The van der Waals surface area contributed by atoms with Crippen LogP contribution in [-0.4, -0.2) is 34.4 Å². The summed E-state index contributed by atoms with van der Waals surface area (Å²) in [5, 5.41) is 11.4. The van der Waals surface area contributed by atoms with Gasteiger partial charge in [0, 0.05) is 20.9 Å². The Morgan fingerprint density at radius 1 is 0.939 bits per heavy atom. The molecule has 0 fully saturated rings. The van der Waals surface area contributed by atoms with Gasteiger partial charge in [0.1, 0.15) is 5.69 Å². The number of para-hydroxylation sites is 1. The number of benzene rings is 3. The minimum Gasteiger partial charge on any atom is -0.343 e. The molecule has 0 saturated carbocycles. The van der Waals surface area contributed by atoms with Crippen LogP contribution in [0.4, 0.5) is 0 Å². The van der Waals surface area contributed by atoms with Crippen molar-refractivity contribution in [1.82, 2.24) is 20.5 Å². The number of nitrogens with zero attached hydrogens (tertiary/aromatic N) is 3. The average Bonchev–Trinajstić information content (AvgIpc) is 3.28. The number of hydrazone groups is 1. The first-order valence-corrected chi connectivity index (χ1v) is 11.2. The molecule has 33 heavy (non-hydrogen) atoms. The first-order valence-electron chi connectivity index (χ1n) is 10.2. The predicted molar refractivity (Wildman–Crippen MR) is 136 cm³/mol. The summed E-state index contributed by atoms with van der Waals surface area (Å²) in [7, 11) is 0. The topological polar surface area (TPSA) is 88.4 Å². The zero-order valence-corrected chi connectivity index (χ0v) is 19.6. The summed E-state index contributed by atoms with van der Waals surface area (Å²) in [4.78, 5) is 24.4. The minimum atomic E-state index is -0.428. The Bertz CT molecular complexity index is 1290. The number of amides is 2. The van der Waals surface area contributed by atoms with E-state index in [4.69, 9.17) is 5.10 Å². The predicted octanol–water partition coefficient (Wildman–Crippen LogP) is 4.02. The molecule has 0 saturated heterocycles. The Morgan fingerprint density at radius 2 is 1.61 bits per heavy atom. The number of halogens is 1. The van der Waals surface area contributed by atoms with Gasteiger partial charge < -0.3 is 5.32 Å². The lowest BCUT2D eigenvalue weighted by atomic mass is 10.1. The summed E-state index contributed by atoms with van der Waals surface area (Å²) in [5.41, 5.74) is 6.31. The monoisotopic (exact) mass is 549 g/mol. The Balaban J connectivity index is 1.45. The van der Waals surface area contributed by atoms with Crippen molar-refractivity contribution in [1.29, 1.82) is 0 Å². The van der Waals surface area contributed by atoms with Gasteiger partial charge >= 0.3 is 0 Å². The molecule has 164 valence electrons. The summed E-state index contributed by atoms with van der Waals surface area (Å²) < 4.78 is 2.59. The molecule has 2 amide bonds. The van der Waals surface area contributed by atoms with Gasteiger partial charge in [-0.2, -0.15) is 10.2 Å². The standard InChI is InChI=1S/C25H20IN5O2/c26-22-14-8-7-13-21(22)25(33)27-16-23(32)29-28-15-19-17-31(20-11-5-2-6-12-20)30-24(19)18-9-3-1-4-10-18/h1-15,17H,16H2,(H,27,33)(H,29,32)/b28-15-. The van der Waals surface area contributed by atoms with E-state index >= 15 is 0 Å². The second-order valence-corrected chi connectivity index (χ2v) is 8.20. The highest BCUT2D eigenvalue weighted by Gasteiger charge is 2.12. The second kappa shape index (κ2) is 10.7. The fraction of sp³-hybridized carbons (Fsp3) is 0.0400. The molecule has 0 aliphatic carbocycles. The van der Waals surface area contributed by atoms with Gasteiger partial charge in [0.2, 0.25) is 0 Å². The smallest absolute Gasteiger partial charge is 0.259 e. The Kier molecular flexibility index (Phi) is 7.26. The van der Waals surface area contributed by atoms with Crippen LogP contribution in [0.15, 0.2) is 96.2 Å². The van der Waals surface area contributed by atoms with E-state index in [-0.39, 0.29) is 12.5 Å². The maximum Gasteiger partial charge on any atom is 0.259 e. The molecule has 0 bridgehead atoms. The van der Waals surface area contributed by atoms with E-state index in [2.05, 4.69) is 38.4 Å². The quantitative estimate of drug-likeness (QED) is 0.208. The molecule has 0 aliphatic rings. The van der Waals surface area contributed by atoms with Gasteiger partial charge in [0.25, 0.3) is 11.8 Å². The van der Waals surface area contributed by atoms with Crippen LogP contribution in [0, 0.1) is 3.57 Å². The lowest BCUT2D eigenvalue weighted by Gasteiger charge is -2.05. The molecule has 3 aromatic carbocycles. The zero-order valence-electron chi connectivity index (χ0n) is 17.5. The first kappa shape index (κ1) is 22.4. The molecule has 0 radical (unpaired) electrons. The van der Waals surface area contributed by atoms with E-state index in [1.165, 1.54) is 0 Å². The maximum atomic E-state index is 12.3. The van der Waals surface area contributed by atoms with E-state index in [1.807, 2.05) is 79.0 Å². The fourth-order valence-electron chi connectivity index (χ4n) is 3.13. The van der Waals surface area contributed by atoms with Crippen molar-refractivity contribution in [3.05, 3.63) is 106 Å². The Morgan fingerprint density at radius 3 is 2.33 bits per heavy atom. The summed E-state index contributed by atoms with van der Waals surface area (Å²) >= 11 is 2.08. The largest absolute Gasteiger partial charge is 0.343 e. The van der Waals surface area contributed by atoms with Gasteiger partial charge in [0.05, 0.1) is 24.0 Å². The highest BCUT2D eigenvalue weighted by Crippen LogP contribution is 2.22. The van der Waals surface area contributed by atoms with E-state index in [0.717, 1.165) is 26.1 Å². The molecule has 4 aromatic rings. The van der Waals surface area contributed by atoms with Crippen LogP contribution in [0.3, 0.4) is 0 Å². The first-order chi connectivity index (χ1) is 16.1. The molecule has 1 heterocycles. The summed E-state index contributed by atoms with van der Waals surface area (Å²) in [6, 6.07) is 26.7. The summed E-state index contributed by atoms with van der Waals surface area (Å²) in [6.07, 6.45) is 3.40. The summed E-state index contributed by atoms with van der Waals surface area (Å²) in [5.74, 6) is -0.739. The zero-order chi connectivity index (χ0) is 23.0. The average molecular weight is 549 g/mol. The van der Waals surface area contributed by atoms with Gasteiger partial charge in [-0.05, 0) is 46.9 Å². The number of nitrogens with one attached hydrogen (secondary N) is 2. The minimum absolute atomic E-state index is 0.185. The lowest BCUT2D eigenvalue weighted by molar-refractivity contribution is -0.120. The molecule has 2 N–H and O–H groups in total. The molecule has 1 aromatic heterocycles. The third-order valence-electron chi connectivity index (χ3n) is 4.73. The van der Waals surface area contributed by atoms with Crippen LogP contribution in [0.1, 0.15) is 15.9 Å². The van der Waals surface area contributed by atoms with Gasteiger partial charge in [0.15, 0.2) is 0 Å². The highest BCUT2D eigenvalue weighted by atomic mass is 127. The SMILES string of the molecule is O=C(CNC(=O)c1ccccc1I)N/N=C\c1cn(-c2ccccc2)nc1-c1ccccc1. The van der Waals surface area contributed by atoms with Crippen molar-refractivity contribution in [2.24, 2.45) is 5.10 Å². The van der Waals surface area contributed by atoms with Gasteiger partial charge in [-0.15, -0.1) is 0 Å². The van der Waals surface area contributed by atoms with Crippen LogP contribution in [0.25, 0.3) is 16.9 Å². The van der Waals surface area contributed by atoms with Gasteiger partial charge in [-0.25, -0.2) is 10.1 Å². The molecule has 0 atom stereocenters.